The maximum absolute atomic E-state index is 11.9. The SMILES string of the molecule is COc1ccc(CNC(=O)/C(C#N)=C\NCCCNC=O)cc1. The molecule has 0 atom stereocenters. The second-order valence-corrected chi connectivity index (χ2v) is 4.58. The third kappa shape index (κ3) is 7.00. The molecule has 0 aromatic heterocycles. The largest absolute Gasteiger partial charge is 0.497 e. The lowest BCUT2D eigenvalue weighted by Gasteiger charge is -2.06. The molecular weight excluding hydrogens is 296 g/mol. The summed E-state index contributed by atoms with van der Waals surface area (Å²) in [6.07, 6.45) is 2.70. The number of rotatable bonds is 10. The number of methoxy groups -OCH3 is 1. The van der Waals surface area contributed by atoms with Crippen molar-refractivity contribution >= 4 is 12.3 Å². The Morgan fingerprint density at radius 3 is 2.57 bits per heavy atom. The van der Waals surface area contributed by atoms with Crippen molar-refractivity contribution in [3.8, 4) is 11.8 Å². The van der Waals surface area contributed by atoms with Crippen LogP contribution in [0.1, 0.15) is 12.0 Å². The van der Waals surface area contributed by atoms with Crippen LogP contribution in [-0.2, 0) is 16.1 Å². The highest BCUT2D eigenvalue weighted by Crippen LogP contribution is 2.11. The van der Waals surface area contributed by atoms with E-state index in [0.29, 0.717) is 32.5 Å². The molecule has 1 aromatic carbocycles. The zero-order valence-corrected chi connectivity index (χ0v) is 13.0. The number of nitrogens with zero attached hydrogens (tertiary/aromatic N) is 1. The smallest absolute Gasteiger partial charge is 0.263 e. The minimum Gasteiger partial charge on any atom is -0.497 e. The quantitative estimate of drug-likeness (QED) is 0.252. The van der Waals surface area contributed by atoms with E-state index in [1.165, 1.54) is 6.20 Å². The van der Waals surface area contributed by atoms with E-state index in [0.717, 1.165) is 11.3 Å². The number of benzene rings is 1. The van der Waals surface area contributed by atoms with Gasteiger partial charge in [0.15, 0.2) is 0 Å². The van der Waals surface area contributed by atoms with Crippen LogP contribution in [0.2, 0.25) is 0 Å². The van der Waals surface area contributed by atoms with Gasteiger partial charge in [-0.05, 0) is 24.1 Å². The molecule has 0 spiro atoms. The molecule has 1 aromatic rings. The Morgan fingerprint density at radius 1 is 1.26 bits per heavy atom. The highest BCUT2D eigenvalue weighted by molar-refractivity contribution is 5.97. The van der Waals surface area contributed by atoms with Crippen molar-refractivity contribution < 1.29 is 14.3 Å². The molecule has 0 saturated heterocycles. The number of nitriles is 1. The standard InChI is InChI=1S/C16H20N4O3/c1-23-15-5-3-13(4-6-15)10-20-16(22)14(9-17)11-18-7-2-8-19-12-21/h3-6,11-12,18H,2,7-8,10H2,1H3,(H,19,21)(H,20,22)/b14-11-. The van der Waals surface area contributed by atoms with E-state index in [4.69, 9.17) is 10.00 Å². The lowest BCUT2D eigenvalue weighted by Crippen LogP contribution is -2.25. The molecule has 2 amide bonds. The summed E-state index contributed by atoms with van der Waals surface area (Å²) in [4.78, 5) is 22.0. The summed E-state index contributed by atoms with van der Waals surface area (Å²) in [5, 5.41) is 17.1. The molecular formula is C16H20N4O3. The summed E-state index contributed by atoms with van der Waals surface area (Å²) in [6.45, 7) is 1.42. The van der Waals surface area contributed by atoms with E-state index >= 15 is 0 Å². The summed E-state index contributed by atoms with van der Waals surface area (Å²) in [5.41, 5.74) is 0.909. The molecule has 1 rings (SSSR count). The molecule has 0 fully saturated rings. The molecule has 0 unspecified atom stereocenters. The minimum atomic E-state index is -0.443. The molecule has 0 heterocycles. The molecule has 7 heteroatoms. The van der Waals surface area contributed by atoms with Crippen LogP contribution in [0.3, 0.4) is 0 Å². The molecule has 0 aliphatic carbocycles. The van der Waals surface area contributed by atoms with Gasteiger partial charge < -0.3 is 20.7 Å². The fourth-order valence-corrected chi connectivity index (χ4v) is 1.70. The van der Waals surface area contributed by atoms with Gasteiger partial charge in [0.2, 0.25) is 6.41 Å². The Bertz CT molecular complexity index is 576. The Hall–Kier alpha value is -3.01. The highest BCUT2D eigenvalue weighted by atomic mass is 16.5. The van der Waals surface area contributed by atoms with Gasteiger partial charge in [0, 0.05) is 25.8 Å². The topological polar surface area (TPSA) is 103 Å². The summed E-state index contributed by atoms with van der Waals surface area (Å²) in [5.74, 6) is 0.299. The van der Waals surface area contributed by atoms with Gasteiger partial charge >= 0.3 is 0 Å². The van der Waals surface area contributed by atoms with Crippen molar-refractivity contribution in [2.45, 2.75) is 13.0 Å². The zero-order valence-electron chi connectivity index (χ0n) is 13.0. The predicted octanol–water partition coefficient (Wildman–Crippen LogP) is 0.445. The maximum Gasteiger partial charge on any atom is 0.263 e. The third-order valence-electron chi connectivity index (χ3n) is 2.95. The summed E-state index contributed by atoms with van der Waals surface area (Å²) < 4.78 is 5.06. The maximum atomic E-state index is 11.9. The number of amides is 2. The van der Waals surface area contributed by atoms with Crippen LogP contribution in [0.4, 0.5) is 0 Å². The Kier molecular flexibility index (Phi) is 8.38. The average molecular weight is 316 g/mol. The van der Waals surface area contributed by atoms with Crippen molar-refractivity contribution in [1.82, 2.24) is 16.0 Å². The lowest BCUT2D eigenvalue weighted by molar-refractivity contribution is -0.117. The number of hydrogen-bond acceptors (Lipinski definition) is 5. The third-order valence-corrected chi connectivity index (χ3v) is 2.95. The van der Waals surface area contributed by atoms with Crippen molar-refractivity contribution in [3.63, 3.8) is 0 Å². The second kappa shape index (κ2) is 10.7. The lowest BCUT2D eigenvalue weighted by atomic mass is 10.2. The van der Waals surface area contributed by atoms with Gasteiger partial charge in [-0.3, -0.25) is 9.59 Å². The average Bonchev–Trinajstić information content (AvgIpc) is 2.59. The Morgan fingerprint density at radius 2 is 1.96 bits per heavy atom. The second-order valence-electron chi connectivity index (χ2n) is 4.58. The van der Waals surface area contributed by atoms with Gasteiger partial charge in [-0.2, -0.15) is 5.26 Å². The summed E-state index contributed by atoms with van der Waals surface area (Å²) >= 11 is 0. The van der Waals surface area contributed by atoms with E-state index in [-0.39, 0.29) is 5.57 Å². The van der Waals surface area contributed by atoms with E-state index in [2.05, 4.69) is 16.0 Å². The monoisotopic (exact) mass is 316 g/mol. The molecule has 3 N–H and O–H groups in total. The number of carbonyl (C=O) groups is 2. The van der Waals surface area contributed by atoms with Crippen molar-refractivity contribution in [2.24, 2.45) is 0 Å². The molecule has 23 heavy (non-hydrogen) atoms. The van der Waals surface area contributed by atoms with E-state index in [1.54, 1.807) is 19.2 Å². The Balaban J connectivity index is 2.40. The minimum absolute atomic E-state index is 0.00172. The molecule has 122 valence electrons. The van der Waals surface area contributed by atoms with Crippen LogP contribution in [0.5, 0.6) is 5.75 Å². The highest BCUT2D eigenvalue weighted by Gasteiger charge is 2.08. The van der Waals surface area contributed by atoms with E-state index < -0.39 is 5.91 Å². The number of carbonyl (C=O) groups excluding carboxylic acids is 2. The normalized spacial score (nSPS) is 10.3. The van der Waals surface area contributed by atoms with Gasteiger partial charge in [-0.15, -0.1) is 0 Å². The van der Waals surface area contributed by atoms with Crippen LogP contribution in [-0.4, -0.2) is 32.5 Å². The number of ether oxygens (including phenoxy) is 1. The van der Waals surface area contributed by atoms with Gasteiger partial charge in [-0.1, -0.05) is 12.1 Å². The first kappa shape index (κ1) is 18.0. The first-order chi connectivity index (χ1) is 11.2. The zero-order chi connectivity index (χ0) is 16.9. The van der Waals surface area contributed by atoms with Gasteiger partial charge in [-0.25, -0.2) is 0 Å². The molecule has 0 aliphatic heterocycles. The predicted molar refractivity (Wildman–Crippen MR) is 85.2 cm³/mol. The summed E-state index contributed by atoms with van der Waals surface area (Å²) in [6, 6.07) is 9.14. The van der Waals surface area contributed by atoms with Crippen LogP contribution in [0.25, 0.3) is 0 Å². The number of nitrogens with one attached hydrogen (secondary N) is 3. The fraction of sp³-hybridized carbons (Fsp3) is 0.312. The van der Waals surface area contributed by atoms with Gasteiger partial charge in [0.25, 0.3) is 5.91 Å². The number of hydrogen-bond donors (Lipinski definition) is 3. The first-order valence-corrected chi connectivity index (χ1v) is 7.13. The van der Waals surface area contributed by atoms with Crippen molar-refractivity contribution in [3.05, 3.63) is 41.6 Å². The molecule has 0 saturated carbocycles. The molecule has 7 nitrogen and oxygen atoms in total. The van der Waals surface area contributed by atoms with Crippen LogP contribution < -0.4 is 20.7 Å². The van der Waals surface area contributed by atoms with E-state index in [9.17, 15) is 9.59 Å². The first-order valence-electron chi connectivity index (χ1n) is 7.13. The van der Waals surface area contributed by atoms with Crippen LogP contribution in [0, 0.1) is 11.3 Å². The van der Waals surface area contributed by atoms with Gasteiger partial charge in [0.1, 0.15) is 17.4 Å². The Labute approximate surface area is 135 Å². The van der Waals surface area contributed by atoms with Crippen molar-refractivity contribution in [1.29, 1.82) is 5.26 Å². The summed E-state index contributed by atoms with van der Waals surface area (Å²) in [7, 11) is 1.59. The molecule has 0 radical (unpaired) electrons. The van der Waals surface area contributed by atoms with Crippen LogP contribution in [0.15, 0.2) is 36.0 Å². The van der Waals surface area contributed by atoms with Crippen LogP contribution >= 0.6 is 0 Å². The fourth-order valence-electron chi connectivity index (χ4n) is 1.70. The van der Waals surface area contributed by atoms with Gasteiger partial charge in [0.05, 0.1) is 7.11 Å². The molecule has 0 aliphatic rings. The molecule has 0 bridgehead atoms. The van der Waals surface area contributed by atoms with Crippen molar-refractivity contribution in [2.75, 3.05) is 20.2 Å². The van der Waals surface area contributed by atoms with E-state index in [1.807, 2.05) is 18.2 Å².